The van der Waals surface area contributed by atoms with Crippen LogP contribution in [0.15, 0.2) is 48.9 Å². The minimum absolute atomic E-state index is 0.209. The largest absolute Gasteiger partial charge is 0.481 e. The van der Waals surface area contributed by atoms with Gasteiger partial charge in [-0.1, -0.05) is 17.7 Å². The number of halogens is 2. The number of pyridine rings is 1. The summed E-state index contributed by atoms with van der Waals surface area (Å²) in [5, 5.41) is 8.59. The van der Waals surface area contributed by atoms with Crippen molar-refractivity contribution in [3.63, 3.8) is 0 Å². The van der Waals surface area contributed by atoms with E-state index in [2.05, 4.69) is 25.1 Å². The van der Waals surface area contributed by atoms with Crippen molar-refractivity contribution in [2.75, 3.05) is 7.11 Å². The van der Waals surface area contributed by atoms with Gasteiger partial charge in [0.2, 0.25) is 5.88 Å². The summed E-state index contributed by atoms with van der Waals surface area (Å²) in [5.41, 5.74) is 1.77. The Labute approximate surface area is 164 Å². The molecule has 28 heavy (non-hydrogen) atoms. The highest BCUT2D eigenvalue weighted by atomic mass is 35.5. The molecule has 0 aliphatic rings. The third-order valence-electron chi connectivity index (χ3n) is 4.11. The highest BCUT2D eigenvalue weighted by molar-refractivity contribution is 6.33. The van der Waals surface area contributed by atoms with Gasteiger partial charge in [0.1, 0.15) is 17.3 Å². The SMILES string of the molecule is COc1ccc(-n2c(C)nnc2-c2cnc(-c3c(F)cccc3Cl)cn2)cn1. The lowest BCUT2D eigenvalue weighted by Crippen LogP contribution is -2.02. The van der Waals surface area contributed by atoms with Crippen LogP contribution in [0.4, 0.5) is 4.39 Å². The molecule has 7 nitrogen and oxygen atoms in total. The van der Waals surface area contributed by atoms with Gasteiger partial charge in [-0.15, -0.1) is 10.2 Å². The molecule has 0 N–H and O–H groups in total. The van der Waals surface area contributed by atoms with E-state index >= 15 is 0 Å². The Bertz CT molecular complexity index is 1110. The average Bonchev–Trinajstić information content (AvgIpc) is 3.10. The number of hydrogen-bond acceptors (Lipinski definition) is 6. The van der Waals surface area contributed by atoms with Gasteiger partial charge in [0, 0.05) is 6.07 Å². The molecule has 0 unspecified atom stereocenters. The van der Waals surface area contributed by atoms with Crippen molar-refractivity contribution in [2.24, 2.45) is 0 Å². The molecule has 3 heterocycles. The molecule has 0 spiro atoms. The van der Waals surface area contributed by atoms with E-state index in [4.69, 9.17) is 16.3 Å². The highest BCUT2D eigenvalue weighted by Crippen LogP contribution is 2.29. The Kier molecular flexibility index (Phi) is 4.70. The van der Waals surface area contributed by atoms with Crippen LogP contribution in [0, 0.1) is 12.7 Å². The summed E-state index contributed by atoms with van der Waals surface area (Å²) in [6, 6.07) is 8.05. The molecule has 0 saturated carbocycles. The lowest BCUT2D eigenvalue weighted by Gasteiger charge is -2.09. The lowest BCUT2D eigenvalue weighted by molar-refractivity contribution is 0.398. The third-order valence-corrected chi connectivity index (χ3v) is 4.43. The summed E-state index contributed by atoms with van der Waals surface area (Å²) in [6.45, 7) is 1.82. The summed E-state index contributed by atoms with van der Waals surface area (Å²) in [7, 11) is 1.55. The van der Waals surface area contributed by atoms with Gasteiger partial charge >= 0.3 is 0 Å². The van der Waals surface area contributed by atoms with Crippen molar-refractivity contribution in [3.05, 3.63) is 65.6 Å². The van der Waals surface area contributed by atoms with Gasteiger partial charge in [-0.25, -0.2) is 14.4 Å². The number of hydrogen-bond donors (Lipinski definition) is 0. The molecule has 0 atom stereocenters. The molecule has 0 aliphatic heterocycles. The fourth-order valence-corrected chi connectivity index (χ4v) is 3.04. The molecule has 0 radical (unpaired) electrons. The second-order valence-corrected chi connectivity index (χ2v) is 6.26. The molecule has 0 aliphatic carbocycles. The Morgan fingerprint density at radius 1 is 0.964 bits per heavy atom. The van der Waals surface area contributed by atoms with E-state index in [1.807, 2.05) is 13.0 Å². The third kappa shape index (κ3) is 3.18. The zero-order chi connectivity index (χ0) is 19.7. The van der Waals surface area contributed by atoms with Crippen LogP contribution >= 0.6 is 11.6 Å². The summed E-state index contributed by atoms with van der Waals surface area (Å²) >= 11 is 6.10. The van der Waals surface area contributed by atoms with Gasteiger partial charge in [0.15, 0.2) is 5.82 Å². The first-order chi connectivity index (χ1) is 13.6. The molecular weight excluding hydrogens is 383 g/mol. The molecule has 4 aromatic rings. The summed E-state index contributed by atoms with van der Waals surface area (Å²) in [4.78, 5) is 12.9. The summed E-state index contributed by atoms with van der Waals surface area (Å²) < 4.78 is 21.0. The van der Waals surface area contributed by atoms with Gasteiger partial charge in [-0.05, 0) is 25.1 Å². The predicted molar refractivity (Wildman–Crippen MR) is 102 cm³/mol. The molecule has 140 valence electrons. The van der Waals surface area contributed by atoms with Gasteiger partial charge in [0.25, 0.3) is 0 Å². The van der Waals surface area contributed by atoms with E-state index in [0.29, 0.717) is 28.9 Å². The van der Waals surface area contributed by atoms with Crippen LogP contribution in [0.25, 0.3) is 28.5 Å². The number of methoxy groups -OCH3 is 1. The fraction of sp³-hybridized carbons (Fsp3) is 0.105. The lowest BCUT2D eigenvalue weighted by atomic mass is 10.1. The standard InChI is InChI=1S/C19H14ClFN6O/c1-11-25-26-19(27(11)12-6-7-17(28-2)24-8-12)16-10-22-15(9-23-16)18-13(20)4-3-5-14(18)21/h3-10H,1-2H3. The zero-order valence-corrected chi connectivity index (χ0v) is 15.7. The van der Waals surface area contributed by atoms with Gasteiger partial charge in [-0.2, -0.15) is 0 Å². The predicted octanol–water partition coefficient (Wildman–Crippen LogP) is 3.90. The topological polar surface area (TPSA) is 78.6 Å². The van der Waals surface area contributed by atoms with Crippen molar-refractivity contribution in [2.45, 2.75) is 6.92 Å². The van der Waals surface area contributed by atoms with Crippen molar-refractivity contribution in [3.8, 4) is 34.3 Å². The maximum atomic E-state index is 14.1. The molecule has 1 aromatic carbocycles. The van der Waals surface area contributed by atoms with E-state index in [9.17, 15) is 4.39 Å². The smallest absolute Gasteiger partial charge is 0.213 e. The molecule has 4 rings (SSSR count). The van der Waals surface area contributed by atoms with E-state index in [0.717, 1.165) is 5.69 Å². The molecule has 0 saturated heterocycles. The molecular formula is C19H14ClFN6O. The Morgan fingerprint density at radius 3 is 2.39 bits per heavy atom. The number of nitrogens with zero attached hydrogens (tertiary/aromatic N) is 6. The van der Waals surface area contributed by atoms with Crippen molar-refractivity contribution in [1.29, 1.82) is 0 Å². The first kappa shape index (κ1) is 18.0. The molecule has 0 amide bonds. The maximum Gasteiger partial charge on any atom is 0.213 e. The number of benzene rings is 1. The molecule has 9 heteroatoms. The molecule has 0 fully saturated rings. The number of rotatable bonds is 4. The normalized spacial score (nSPS) is 10.9. The Hall–Kier alpha value is -3.39. The Morgan fingerprint density at radius 2 is 1.75 bits per heavy atom. The van der Waals surface area contributed by atoms with Crippen molar-refractivity contribution < 1.29 is 9.13 Å². The monoisotopic (exact) mass is 396 g/mol. The van der Waals surface area contributed by atoms with Crippen LogP contribution in [0.1, 0.15) is 5.82 Å². The average molecular weight is 397 g/mol. The van der Waals surface area contributed by atoms with Crippen LogP contribution < -0.4 is 4.74 Å². The van der Waals surface area contributed by atoms with Gasteiger partial charge in [-0.3, -0.25) is 9.55 Å². The van der Waals surface area contributed by atoms with E-state index in [-0.39, 0.29) is 10.6 Å². The van der Waals surface area contributed by atoms with E-state index in [1.165, 1.54) is 24.5 Å². The first-order valence-corrected chi connectivity index (χ1v) is 8.65. The van der Waals surface area contributed by atoms with Crippen LogP contribution in [0.5, 0.6) is 5.88 Å². The fourth-order valence-electron chi connectivity index (χ4n) is 2.78. The van der Waals surface area contributed by atoms with E-state index < -0.39 is 5.82 Å². The zero-order valence-electron chi connectivity index (χ0n) is 15.0. The van der Waals surface area contributed by atoms with Crippen LogP contribution in [-0.4, -0.2) is 36.8 Å². The maximum absolute atomic E-state index is 14.1. The minimum Gasteiger partial charge on any atom is -0.481 e. The van der Waals surface area contributed by atoms with Crippen LogP contribution in [-0.2, 0) is 0 Å². The number of aryl methyl sites for hydroxylation is 1. The van der Waals surface area contributed by atoms with Gasteiger partial charge < -0.3 is 4.74 Å². The Balaban J connectivity index is 1.75. The van der Waals surface area contributed by atoms with E-state index in [1.54, 1.807) is 30.0 Å². The van der Waals surface area contributed by atoms with Crippen molar-refractivity contribution in [1.82, 2.24) is 29.7 Å². The summed E-state index contributed by atoms with van der Waals surface area (Å²) in [5.74, 6) is 1.19. The summed E-state index contributed by atoms with van der Waals surface area (Å²) in [6.07, 6.45) is 4.62. The van der Waals surface area contributed by atoms with Gasteiger partial charge in [0.05, 0.1) is 47.7 Å². The quantitative estimate of drug-likeness (QED) is 0.520. The molecule has 3 aromatic heterocycles. The number of aromatic nitrogens is 6. The second kappa shape index (κ2) is 7.32. The highest BCUT2D eigenvalue weighted by Gasteiger charge is 2.17. The number of ether oxygens (including phenoxy) is 1. The van der Waals surface area contributed by atoms with Crippen LogP contribution in [0.2, 0.25) is 5.02 Å². The molecule has 0 bridgehead atoms. The minimum atomic E-state index is -0.460. The second-order valence-electron chi connectivity index (χ2n) is 5.85. The van der Waals surface area contributed by atoms with Crippen molar-refractivity contribution >= 4 is 11.6 Å². The first-order valence-electron chi connectivity index (χ1n) is 8.27. The van der Waals surface area contributed by atoms with Crippen LogP contribution in [0.3, 0.4) is 0 Å².